The Balaban J connectivity index is 1.70. The lowest BCUT2D eigenvalue weighted by atomic mass is 10.1. The van der Waals surface area contributed by atoms with Crippen LogP contribution in [0.1, 0.15) is 12.5 Å². The van der Waals surface area contributed by atoms with Crippen molar-refractivity contribution in [1.82, 2.24) is 24.9 Å². The number of nitrogens with one attached hydrogen (secondary N) is 1. The smallest absolute Gasteiger partial charge is 0.213 e. The zero-order valence-corrected chi connectivity index (χ0v) is 17.8. The van der Waals surface area contributed by atoms with Crippen molar-refractivity contribution in [3.8, 4) is 28.5 Å². The molecular formula is C23H24N6O2. The van der Waals surface area contributed by atoms with Crippen LogP contribution in [0.4, 0.5) is 5.82 Å². The van der Waals surface area contributed by atoms with Gasteiger partial charge in [-0.2, -0.15) is 0 Å². The minimum absolute atomic E-state index is 0.226. The van der Waals surface area contributed by atoms with Gasteiger partial charge < -0.3 is 19.4 Å². The minimum atomic E-state index is 0.226. The molecule has 0 spiro atoms. The van der Waals surface area contributed by atoms with Gasteiger partial charge in [-0.1, -0.05) is 0 Å². The van der Waals surface area contributed by atoms with Crippen LogP contribution in [-0.2, 0) is 4.74 Å². The summed E-state index contributed by atoms with van der Waals surface area (Å²) in [5, 5.41) is 0.991. The van der Waals surface area contributed by atoms with E-state index in [0.29, 0.717) is 24.9 Å². The number of morpholine rings is 1. The van der Waals surface area contributed by atoms with E-state index in [1.807, 2.05) is 43.6 Å². The Kier molecular flexibility index (Phi) is 4.99. The third-order valence-electron chi connectivity index (χ3n) is 5.65. The number of anilines is 1. The summed E-state index contributed by atoms with van der Waals surface area (Å²) in [4.78, 5) is 24.2. The SMILES string of the molecule is COc1cc(C)c(-c2cc(N3CCOCC3C)nc(-c3ccnc4[nH]ccc34)n2)cn1. The lowest BCUT2D eigenvalue weighted by Crippen LogP contribution is -2.44. The van der Waals surface area contributed by atoms with Crippen LogP contribution in [-0.4, -0.2) is 57.8 Å². The summed E-state index contributed by atoms with van der Waals surface area (Å²) in [6.07, 6.45) is 5.47. The van der Waals surface area contributed by atoms with Crippen LogP contribution in [0.5, 0.6) is 5.88 Å². The molecule has 5 heterocycles. The first kappa shape index (κ1) is 19.4. The number of rotatable bonds is 4. The average molecular weight is 416 g/mol. The maximum absolute atomic E-state index is 5.63. The number of nitrogens with zero attached hydrogens (tertiary/aromatic N) is 5. The molecule has 5 rings (SSSR count). The Morgan fingerprint density at radius 1 is 1.16 bits per heavy atom. The first-order chi connectivity index (χ1) is 15.1. The molecule has 0 amide bonds. The minimum Gasteiger partial charge on any atom is -0.481 e. The van der Waals surface area contributed by atoms with Gasteiger partial charge in [0.15, 0.2) is 5.82 Å². The summed E-state index contributed by atoms with van der Waals surface area (Å²) in [5.41, 5.74) is 4.57. The maximum atomic E-state index is 5.63. The van der Waals surface area contributed by atoms with E-state index in [-0.39, 0.29) is 6.04 Å². The highest BCUT2D eigenvalue weighted by Gasteiger charge is 2.23. The molecular weight excluding hydrogens is 392 g/mol. The van der Waals surface area contributed by atoms with Crippen LogP contribution in [0.15, 0.2) is 42.9 Å². The molecule has 158 valence electrons. The van der Waals surface area contributed by atoms with Crippen molar-refractivity contribution in [3.63, 3.8) is 0 Å². The zero-order chi connectivity index (χ0) is 21.4. The summed E-state index contributed by atoms with van der Waals surface area (Å²) in [7, 11) is 1.62. The number of H-pyrrole nitrogens is 1. The number of pyridine rings is 2. The number of hydrogen-bond donors (Lipinski definition) is 1. The molecule has 1 N–H and O–H groups in total. The van der Waals surface area contributed by atoms with Gasteiger partial charge >= 0.3 is 0 Å². The first-order valence-corrected chi connectivity index (χ1v) is 10.3. The van der Waals surface area contributed by atoms with Gasteiger partial charge in [-0.15, -0.1) is 0 Å². The molecule has 0 radical (unpaired) electrons. The van der Waals surface area contributed by atoms with Gasteiger partial charge in [0.05, 0.1) is 32.1 Å². The van der Waals surface area contributed by atoms with E-state index in [0.717, 1.165) is 45.8 Å². The summed E-state index contributed by atoms with van der Waals surface area (Å²) in [6.45, 7) is 6.33. The van der Waals surface area contributed by atoms with Crippen molar-refractivity contribution in [1.29, 1.82) is 0 Å². The molecule has 0 saturated carbocycles. The maximum Gasteiger partial charge on any atom is 0.213 e. The molecule has 8 heteroatoms. The zero-order valence-electron chi connectivity index (χ0n) is 17.8. The fraction of sp³-hybridized carbons (Fsp3) is 0.304. The van der Waals surface area contributed by atoms with Crippen LogP contribution < -0.4 is 9.64 Å². The molecule has 1 unspecified atom stereocenters. The Labute approximate surface area is 180 Å². The van der Waals surface area contributed by atoms with Crippen LogP contribution in [0, 0.1) is 6.92 Å². The number of methoxy groups -OCH3 is 1. The highest BCUT2D eigenvalue weighted by atomic mass is 16.5. The number of hydrogen-bond acceptors (Lipinski definition) is 7. The third-order valence-corrected chi connectivity index (χ3v) is 5.65. The van der Waals surface area contributed by atoms with E-state index in [1.54, 1.807) is 13.3 Å². The molecule has 1 aliphatic rings. The summed E-state index contributed by atoms with van der Waals surface area (Å²) >= 11 is 0. The quantitative estimate of drug-likeness (QED) is 0.543. The lowest BCUT2D eigenvalue weighted by molar-refractivity contribution is 0.0985. The fourth-order valence-corrected chi connectivity index (χ4v) is 3.97. The van der Waals surface area contributed by atoms with Crippen molar-refractivity contribution in [3.05, 3.63) is 48.4 Å². The van der Waals surface area contributed by atoms with Crippen molar-refractivity contribution in [2.45, 2.75) is 19.9 Å². The molecule has 31 heavy (non-hydrogen) atoms. The van der Waals surface area contributed by atoms with Crippen LogP contribution in [0.25, 0.3) is 33.7 Å². The summed E-state index contributed by atoms with van der Waals surface area (Å²) < 4.78 is 10.9. The number of aromatic amines is 1. The molecule has 8 nitrogen and oxygen atoms in total. The van der Waals surface area contributed by atoms with Gasteiger partial charge in [-0.05, 0) is 31.5 Å². The van der Waals surface area contributed by atoms with Crippen molar-refractivity contribution in [2.24, 2.45) is 0 Å². The first-order valence-electron chi connectivity index (χ1n) is 10.3. The standard InChI is InChI=1S/C23H24N6O2/c1-14-10-21(30-3)26-12-18(14)19-11-20(29-8-9-31-13-15(29)2)28-23(27-19)17-5-7-25-22-16(17)4-6-24-22/h4-7,10-12,15H,8-9,13H2,1-3H3,(H,24,25). The van der Waals surface area contributed by atoms with Gasteiger partial charge in [0.2, 0.25) is 5.88 Å². The highest BCUT2D eigenvalue weighted by molar-refractivity contribution is 5.91. The molecule has 1 atom stereocenters. The number of aryl methyl sites for hydroxylation is 1. The Hall–Kier alpha value is -3.52. The molecule has 4 aromatic heterocycles. The van der Waals surface area contributed by atoms with Gasteiger partial charge in [0.25, 0.3) is 0 Å². The summed E-state index contributed by atoms with van der Waals surface area (Å²) in [6, 6.07) is 8.15. The second-order valence-electron chi connectivity index (χ2n) is 7.69. The Bertz CT molecular complexity index is 1240. The van der Waals surface area contributed by atoms with Crippen LogP contribution >= 0.6 is 0 Å². The number of aromatic nitrogens is 5. The fourth-order valence-electron chi connectivity index (χ4n) is 3.97. The predicted molar refractivity (Wildman–Crippen MR) is 119 cm³/mol. The van der Waals surface area contributed by atoms with E-state index in [4.69, 9.17) is 19.4 Å². The molecule has 1 saturated heterocycles. The van der Waals surface area contributed by atoms with E-state index in [2.05, 4.69) is 26.8 Å². The number of fused-ring (bicyclic) bond motifs is 1. The Morgan fingerprint density at radius 2 is 2.06 bits per heavy atom. The van der Waals surface area contributed by atoms with Gasteiger partial charge in [0, 0.05) is 53.8 Å². The second-order valence-corrected chi connectivity index (χ2v) is 7.69. The average Bonchev–Trinajstić information content (AvgIpc) is 3.28. The van der Waals surface area contributed by atoms with Gasteiger partial charge in [-0.3, -0.25) is 0 Å². The number of ether oxygens (including phenoxy) is 2. The van der Waals surface area contributed by atoms with E-state index >= 15 is 0 Å². The van der Waals surface area contributed by atoms with E-state index < -0.39 is 0 Å². The molecule has 0 bridgehead atoms. The highest BCUT2D eigenvalue weighted by Crippen LogP contribution is 2.32. The Morgan fingerprint density at radius 3 is 2.87 bits per heavy atom. The molecule has 4 aromatic rings. The van der Waals surface area contributed by atoms with E-state index in [9.17, 15) is 0 Å². The van der Waals surface area contributed by atoms with Crippen LogP contribution in [0.3, 0.4) is 0 Å². The van der Waals surface area contributed by atoms with Crippen molar-refractivity contribution >= 4 is 16.9 Å². The van der Waals surface area contributed by atoms with Crippen molar-refractivity contribution in [2.75, 3.05) is 31.8 Å². The summed E-state index contributed by atoms with van der Waals surface area (Å²) in [5.74, 6) is 2.13. The van der Waals surface area contributed by atoms with Gasteiger partial charge in [0.1, 0.15) is 11.5 Å². The lowest BCUT2D eigenvalue weighted by Gasteiger charge is -2.34. The molecule has 1 aliphatic heterocycles. The van der Waals surface area contributed by atoms with Crippen LogP contribution in [0.2, 0.25) is 0 Å². The topological polar surface area (TPSA) is 89.0 Å². The molecule has 1 fully saturated rings. The van der Waals surface area contributed by atoms with E-state index in [1.165, 1.54) is 0 Å². The predicted octanol–water partition coefficient (Wildman–Crippen LogP) is 3.62. The third kappa shape index (κ3) is 3.59. The molecule has 0 aliphatic carbocycles. The molecule has 0 aromatic carbocycles. The second kappa shape index (κ2) is 7.96. The largest absolute Gasteiger partial charge is 0.481 e. The van der Waals surface area contributed by atoms with Gasteiger partial charge in [-0.25, -0.2) is 19.9 Å². The monoisotopic (exact) mass is 416 g/mol. The van der Waals surface area contributed by atoms with Crippen molar-refractivity contribution < 1.29 is 9.47 Å². The normalized spacial score (nSPS) is 16.6.